The molecule has 0 unspecified atom stereocenters. The van der Waals surface area contributed by atoms with Crippen LogP contribution in [0.2, 0.25) is 0 Å². The van der Waals surface area contributed by atoms with Gasteiger partial charge in [-0.3, -0.25) is 9.59 Å². The van der Waals surface area contributed by atoms with E-state index in [9.17, 15) is 18.0 Å². The minimum Gasteiger partial charge on any atom is -0.383 e. The molecule has 2 atom stereocenters. The summed E-state index contributed by atoms with van der Waals surface area (Å²) in [6.45, 7) is 3.43. The number of piperidine rings is 1. The summed E-state index contributed by atoms with van der Waals surface area (Å²) in [6.07, 6.45) is 3.86. The standard InChI is InChI=1S/C22H31N3O5S/c1-15-12-18-13-19(7-8-20(18)25(15)22(27)16-5-6-16)31(28,29)24-10-3-4-17(14-24)21(26)23-9-11-30-2/h7-8,13,15-17H,3-6,9-12,14H2,1-2H3,(H,23,26)/t15-,17-/m1/s1. The van der Waals surface area contributed by atoms with Gasteiger partial charge in [0, 0.05) is 44.4 Å². The molecule has 9 heteroatoms. The molecule has 0 spiro atoms. The summed E-state index contributed by atoms with van der Waals surface area (Å²) in [5.41, 5.74) is 1.73. The van der Waals surface area contributed by atoms with E-state index in [1.165, 1.54) is 4.31 Å². The van der Waals surface area contributed by atoms with E-state index in [0.29, 0.717) is 39.0 Å². The summed E-state index contributed by atoms with van der Waals surface area (Å²) < 4.78 is 33.0. The highest BCUT2D eigenvalue weighted by molar-refractivity contribution is 7.89. The molecule has 0 bridgehead atoms. The molecule has 1 aromatic carbocycles. The maximum absolute atomic E-state index is 13.3. The summed E-state index contributed by atoms with van der Waals surface area (Å²) >= 11 is 0. The predicted molar refractivity (Wildman–Crippen MR) is 116 cm³/mol. The molecule has 4 rings (SSSR count). The van der Waals surface area contributed by atoms with Gasteiger partial charge in [0.25, 0.3) is 0 Å². The summed E-state index contributed by atoms with van der Waals surface area (Å²) in [4.78, 5) is 27.1. The minimum absolute atomic E-state index is 0.0382. The summed E-state index contributed by atoms with van der Waals surface area (Å²) in [5, 5.41) is 2.81. The molecule has 2 amide bonds. The highest BCUT2D eigenvalue weighted by atomic mass is 32.2. The van der Waals surface area contributed by atoms with E-state index < -0.39 is 10.0 Å². The topological polar surface area (TPSA) is 96.0 Å². The normalized spacial score (nSPS) is 24.1. The molecule has 2 heterocycles. The smallest absolute Gasteiger partial charge is 0.243 e. The van der Waals surface area contributed by atoms with E-state index in [0.717, 1.165) is 24.1 Å². The van der Waals surface area contributed by atoms with Gasteiger partial charge in [0.1, 0.15) is 0 Å². The van der Waals surface area contributed by atoms with Crippen LogP contribution in [-0.2, 0) is 30.8 Å². The zero-order valence-electron chi connectivity index (χ0n) is 18.2. The van der Waals surface area contributed by atoms with E-state index in [1.807, 2.05) is 11.8 Å². The Kier molecular flexibility index (Phi) is 6.37. The fourth-order valence-corrected chi connectivity index (χ4v) is 6.15. The Morgan fingerprint density at radius 2 is 1.97 bits per heavy atom. The molecule has 1 aliphatic carbocycles. The number of sulfonamides is 1. The van der Waals surface area contributed by atoms with E-state index >= 15 is 0 Å². The number of ether oxygens (including phenoxy) is 1. The Balaban J connectivity index is 1.49. The third kappa shape index (κ3) is 4.49. The van der Waals surface area contributed by atoms with Crippen molar-refractivity contribution in [3.63, 3.8) is 0 Å². The van der Waals surface area contributed by atoms with Crippen LogP contribution in [0.4, 0.5) is 5.69 Å². The first-order valence-electron chi connectivity index (χ1n) is 11.1. The van der Waals surface area contributed by atoms with Crippen molar-refractivity contribution in [3.05, 3.63) is 23.8 Å². The first-order chi connectivity index (χ1) is 14.8. The Hall–Kier alpha value is -1.97. The fourth-order valence-electron chi connectivity index (χ4n) is 4.58. The Morgan fingerprint density at radius 1 is 1.19 bits per heavy atom. The van der Waals surface area contributed by atoms with Gasteiger partial charge in [-0.05, 0) is 62.8 Å². The van der Waals surface area contributed by atoms with Crippen molar-refractivity contribution in [2.45, 2.75) is 50.0 Å². The van der Waals surface area contributed by atoms with E-state index in [2.05, 4.69) is 5.32 Å². The summed E-state index contributed by atoms with van der Waals surface area (Å²) in [7, 11) is -2.14. The number of methoxy groups -OCH3 is 1. The number of nitrogens with zero attached hydrogens (tertiary/aromatic N) is 2. The quantitative estimate of drug-likeness (QED) is 0.637. The number of hydrogen-bond acceptors (Lipinski definition) is 5. The number of rotatable bonds is 7. The molecular weight excluding hydrogens is 418 g/mol. The molecule has 0 radical (unpaired) electrons. The van der Waals surface area contributed by atoms with Crippen molar-refractivity contribution in [1.29, 1.82) is 0 Å². The number of carbonyl (C=O) groups excluding carboxylic acids is 2. The number of anilines is 1. The molecular formula is C22H31N3O5S. The highest BCUT2D eigenvalue weighted by Crippen LogP contribution is 2.40. The van der Waals surface area contributed by atoms with Gasteiger partial charge in [0.2, 0.25) is 21.8 Å². The second kappa shape index (κ2) is 8.88. The number of hydrogen-bond donors (Lipinski definition) is 1. The fraction of sp³-hybridized carbons (Fsp3) is 0.636. The van der Waals surface area contributed by atoms with Gasteiger partial charge in [0.15, 0.2) is 0 Å². The van der Waals surface area contributed by atoms with Crippen molar-refractivity contribution in [2.75, 3.05) is 38.3 Å². The lowest BCUT2D eigenvalue weighted by atomic mass is 9.99. The molecule has 0 aromatic heterocycles. The van der Waals surface area contributed by atoms with Crippen LogP contribution in [0.1, 0.15) is 38.2 Å². The molecule has 1 N–H and O–H groups in total. The Bertz CT molecular complexity index is 960. The molecule has 2 aliphatic heterocycles. The van der Waals surface area contributed by atoms with E-state index in [1.54, 1.807) is 25.3 Å². The van der Waals surface area contributed by atoms with Crippen LogP contribution < -0.4 is 10.2 Å². The Labute approximate surface area is 184 Å². The largest absolute Gasteiger partial charge is 0.383 e. The Morgan fingerprint density at radius 3 is 2.68 bits per heavy atom. The number of fused-ring (bicyclic) bond motifs is 1. The van der Waals surface area contributed by atoms with Crippen LogP contribution in [0.25, 0.3) is 0 Å². The summed E-state index contributed by atoms with van der Waals surface area (Å²) in [5.74, 6) is -0.215. The van der Waals surface area contributed by atoms with Crippen molar-refractivity contribution >= 4 is 27.5 Å². The molecule has 2 fully saturated rings. The minimum atomic E-state index is -3.71. The van der Waals surface area contributed by atoms with Crippen molar-refractivity contribution in [1.82, 2.24) is 9.62 Å². The van der Waals surface area contributed by atoms with Crippen LogP contribution in [0.15, 0.2) is 23.1 Å². The molecule has 8 nitrogen and oxygen atoms in total. The van der Waals surface area contributed by atoms with Crippen LogP contribution in [-0.4, -0.2) is 63.9 Å². The van der Waals surface area contributed by atoms with Gasteiger partial charge in [0.05, 0.1) is 17.4 Å². The van der Waals surface area contributed by atoms with Crippen molar-refractivity contribution in [2.24, 2.45) is 11.8 Å². The van der Waals surface area contributed by atoms with Crippen LogP contribution in [0.3, 0.4) is 0 Å². The number of benzene rings is 1. The number of carbonyl (C=O) groups is 2. The molecule has 1 saturated carbocycles. The van der Waals surface area contributed by atoms with E-state index in [-0.39, 0.29) is 41.1 Å². The third-order valence-corrected chi connectivity index (χ3v) is 8.29. The van der Waals surface area contributed by atoms with Gasteiger partial charge < -0.3 is 15.0 Å². The zero-order valence-corrected chi connectivity index (χ0v) is 19.0. The van der Waals surface area contributed by atoms with Crippen molar-refractivity contribution < 1.29 is 22.7 Å². The number of nitrogens with one attached hydrogen (secondary N) is 1. The molecule has 1 saturated heterocycles. The van der Waals surface area contributed by atoms with Crippen molar-refractivity contribution in [3.8, 4) is 0 Å². The second-order valence-corrected chi connectivity index (χ2v) is 10.8. The molecule has 1 aromatic rings. The average Bonchev–Trinajstić information content (AvgIpc) is 3.55. The highest BCUT2D eigenvalue weighted by Gasteiger charge is 2.40. The molecule has 31 heavy (non-hydrogen) atoms. The first kappa shape index (κ1) is 22.2. The first-order valence-corrected chi connectivity index (χ1v) is 12.5. The lowest BCUT2D eigenvalue weighted by molar-refractivity contribution is -0.126. The lowest BCUT2D eigenvalue weighted by Gasteiger charge is -2.31. The maximum Gasteiger partial charge on any atom is 0.243 e. The molecule has 3 aliphatic rings. The molecule has 170 valence electrons. The van der Waals surface area contributed by atoms with Crippen LogP contribution in [0, 0.1) is 11.8 Å². The maximum atomic E-state index is 13.3. The van der Waals surface area contributed by atoms with Gasteiger partial charge in [-0.2, -0.15) is 4.31 Å². The predicted octanol–water partition coefficient (Wildman–Crippen LogP) is 1.54. The second-order valence-electron chi connectivity index (χ2n) is 8.81. The van der Waals surface area contributed by atoms with Gasteiger partial charge >= 0.3 is 0 Å². The SMILES string of the molecule is COCCNC(=O)[C@@H]1CCCN(S(=O)(=O)c2ccc3c(c2)C[C@@H](C)N3C(=O)C2CC2)C1. The number of amides is 2. The van der Waals surface area contributed by atoms with Crippen LogP contribution >= 0.6 is 0 Å². The zero-order chi connectivity index (χ0) is 22.2. The lowest BCUT2D eigenvalue weighted by Crippen LogP contribution is -2.45. The summed E-state index contributed by atoms with van der Waals surface area (Å²) in [6, 6.07) is 5.12. The monoisotopic (exact) mass is 449 g/mol. The van der Waals surface area contributed by atoms with Gasteiger partial charge in [-0.25, -0.2) is 8.42 Å². The van der Waals surface area contributed by atoms with Gasteiger partial charge in [-0.1, -0.05) is 0 Å². The van der Waals surface area contributed by atoms with Gasteiger partial charge in [-0.15, -0.1) is 0 Å². The van der Waals surface area contributed by atoms with Crippen LogP contribution in [0.5, 0.6) is 0 Å². The van der Waals surface area contributed by atoms with E-state index in [4.69, 9.17) is 4.74 Å². The average molecular weight is 450 g/mol. The third-order valence-electron chi connectivity index (χ3n) is 6.43.